The Bertz CT molecular complexity index is 760. The van der Waals surface area contributed by atoms with Gasteiger partial charge in [-0.25, -0.2) is 17.9 Å². The zero-order valence-electron chi connectivity index (χ0n) is 12.2. The van der Waals surface area contributed by atoms with Gasteiger partial charge in [-0.3, -0.25) is 4.98 Å². The molecule has 0 aliphatic rings. The summed E-state index contributed by atoms with van der Waals surface area (Å²) in [6.45, 7) is 1.73. The third-order valence-corrected chi connectivity index (χ3v) is 4.64. The molecule has 0 fully saturated rings. The van der Waals surface area contributed by atoms with Gasteiger partial charge in [-0.15, -0.1) is 0 Å². The standard InChI is InChI=1S/C15H16N2O4S/c1-11(12-6-8-16-9-7-12)17-22(19,20)14-5-3-4-13(10-14)15(18)21-2/h3-11,17H,1-2H3/t11-/m1/s1. The summed E-state index contributed by atoms with van der Waals surface area (Å²) in [5.74, 6) is -0.584. The average Bonchev–Trinajstić information content (AvgIpc) is 2.54. The Balaban J connectivity index is 2.25. The van der Waals surface area contributed by atoms with E-state index in [0.29, 0.717) is 0 Å². The van der Waals surface area contributed by atoms with Crippen LogP contribution in [0.4, 0.5) is 0 Å². The van der Waals surface area contributed by atoms with E-state index in [2.05, 4.69) is 14.4 Å². The van der Waals surface area contributed by atoms with E-state index < -0.39 is 22.0 Å². The highest BCUT2D eigenvalue weighted by Gasteiger charge is 2.19. The highest BCUT2D eigenvalue weighted by molar-refractivity contribution is 7.89. The van der Waals surface area contributed by atoms with Crippen molar-refractivity contribution in [2.75, 3.05) is 7.11 Å². The first-order chi connectivity index (χ1) is 10.4. The summed E-state index contributed by atoms with van der Waals surface area (Å²) in [4.78, 5) is 15.4. The number of rotatable bonds is 5. The van der Waals surface area contributed by atoms with Gasteiger partial charge in [-0.2, -0.15) is 0 Å². The Morgan fingerprint density at radius 1 is 1.23 bits per heavy atom. The third kappa shape index (κ3) is 3.69. The van der Waals surface area contributed by atoms with Gasteiger partial charge in [-0.05, 0) is 42.8 Å². The van der Waals surface area contributed by atoms with Crippen molar-refractivity contribution in [1.82, 2.24) is 9.71 Å². The van der Waals surface area contributed by atoms with E-state index in [1.54, 1.807) is 31.5 Å². The molecule has 0 spiro atoms. The molecule has 7 heteroatoms. The minimum absolute atomic E-state index is 0.0105. The van der Waals surface area contributed by atoms with Gasteiger partial charge in [0, 0.05) is 18.4 Å². The number of hydrogen-bond acceptors (Lipinski definition) is 5. The van der Waals surface area contributed by atoms with E-state index in [1.807, 2.05) is 0 Å². The lowest BCUT2D eigenvalue weighted by atomic mass is 10.1. The number of benzene rings is 1. The van der Waals surface area contributed by atoms with Gasteiger partial charge < -0.3 is 4.74 Å². The predicted octanol–water partition coefficient (Wildman–Crippen LogP) is 1.91. The largest absolute Gasteiger partial charge is 0.465 e. The van der Waals surface area contributed by atoms with E-state index in [-0.39, 0.29) is 10.5 Å². The molecule has 22 heavy (non-hydrogen) atoms. The molecule has 6 nitrogen and oxygen atoms in total. The summed E-state index contributed by atoms with van der Waals surface area (Å²) < 4.78 is 32.0. The van der Waals surface area contributed by atoms with Crippen LogP contribution in [0.25, 0.3) is 0 Å². The Morgan fingerprint density at radius 2 is 1.91 bits per heavy atom. The lowest BCUT2D eigenvalue weighted by Gasteiger charge is -2.14. The molecule has 2 rings (SSSR count). The van der Waals surface area contributed by atoms with Gasteiger partial charge in [0.15, 0.2) is 0 Å². The fourth-order valence-electron chi connectivity index (χ4n) is 1.93. The van der Waals surface area contributed by atoms with Gasteiger partial charge in [0.1, 0.15) is 0 Å². The van der Waals surface area contributed by atoms with Gasteiger partial charge >= 0.3 is 5.97 Å². The molecule has 1 N–H and O–H groups in total. The number of pyridine rings is 1. The van der Waals surface area contributed by atoms with Crippen molar-refractivity contribution in [2.24, 2.45) is 0 Å². The third-order valence-electron chi connectivity index (χ3n) is 3.10. The number of esters is 1. The molecule has 0 bridgehead atoms. The first kappa shape index (κ1) is 16.1. The van der Waals surface area contributed by atoms with Crippen LogP contribution >= 0.6 is 0 Å². The normalized spacial score (nSPS) is 12.6. The fourth-order valence-corrected chi connectivity index (χ4v) is 3.21. The van der Waals surface area contributed by atoms with Gasteiger partial charge in [0.05, 0.1) is 17.6 Å². The Morgan fingerprint density at radius 3 is 2.55 bits per heavy atom. The van der Waals surface area contributed by atoms with E-state index in [1.165, 1.54) is 31.4 Å². The van der Waals surface area contributed by atoms with Crippen LogP contribution in [0.3, 0.4) is 0 Å². The molecule has 0 unspecified atom stereocenters. The average molecular weight is 320 g/mol. The van der Waals surface area contributed by atoms with Crippen LogP contribution in [-0.4, -0.2) is 26.5 Å². The second-order valence-corrected chi connectivity index (χ2v) is 6.36. The molecule has 0 aliphatic heterocycles. The Kier molecular flexibility index (Phi) is 4.89. The summed E-state index contributed by atoms with van der Waals surface area (Å²) in [7, 11) is -2.51. The zero-order valence-corrected chi connectivity index (χ0v) is 13.0. The van der Waals surface area contributed by atoms with Crippen molar-refractivity contribution in [2.45, 2.75) is 17.9 Å². The van der Waals surface area contributed by atoms with Crippen LogP contribution < -0.4 is 4.72 Å². The number of methoxy groups -OCH3 is 1. The van der Waals surface area contributed by atoms with Crippen molar-refractivity contribution in [3.05, 3.63) is 59.9 Å². The first-order valence-corrected chi connectivity index (χ1v) is 8.03. The second kappa shape index (κ2) is 6.67. The van der Waals surface area contributed by atoms with Crippen molar-refractivity contribution in [3.8, 4) is 0 Å². The van der Waals surface area contributed by atoms with Crippen molar-refractivity contribution in [1.29, 1.82) is 0 Å². The van der Waals surface area contributed by atoms with Crippen molar-refractivity contribution < 1.29 is 17.9 Å². The smallest absolute Gasteiger partial charge is 0.337 e. The molecule has 1 atom stereocenters. The molecular weight excluding hydrogens is 304 g/mol. The van der Waals surface area contributed by atoms with Crippen LogP contribution in [0.1, 0.15) is 28.9 Å². The van der Waals surface area contributed by atoms with Gasteiger partial charge in [0.25, 0.3) is 0 Å². The maximum absolute atomic E-state index is 12.4. The fraction of sp³-hybridized carbons (Fsp3) is 0.200. The SMILES string of the molecule is COC(=O)c1cccc(S(=O)(=O)N[C@H](C)c2ccncc2)c1. The second-order valence-electron chi connectivity index (χ2n) is 4.64. The number of nitrogens with zero attached hydrogens (tertiary/aromatic N) is 1. The predicted molar refractivity (Wildman–Crippen MR) is 80.8 cm³/mol. The number of sulfonamides is 1. The van der Waals surface area contributed by atoms with E-state index >= 15 is 0 Å². The number of carbonyl (C=O) groups is 1. The molecule has 0 aliphatic carbocycles. The maximum Gasteiger partial charge on any atom is 0.337 e. The Hall–Kier alpha value is -2.25. The molecule has 1 heterocycles. The molecule has 2 aromatic rings. The summed E-state index contributed by atoms with van der Waals surface area (Å²) in [5, 5.41) is 0. The van der Waals surface area contributed by atoms with Crippen LogP contribution in [0.5, 0.6) is 0 Å². The van der Waals surface area contributed by atoms with E-state index in [4.69, 9.17) is 0 Å². The van der Waals surface area contributed by atoms with Crippen LogP contribution in [0.2, 0.25) is 0 Å². The quantitative estimate of drug-likeness (QED) is 0.851. The summed E-state index contributed by atoms with van der Waals surface area (Å²) in [5.41, 5.74) is 0.977. The molecule has 116 valence electrons. The topological polar surface area (TPSA) is 85.4 Å². The van der Waals surface area contributed by atoms with E-state index in [0.717, 1.165) is 5.56 Å². The molecule has 0 saturated carbocycles. The summed E-state index contributed by atoms with van der Waals surface area (Å²) in [6.07, 6.45) is 3.19. The maximum atomic E-state index is 12.4. The molecule has 0 amide bonds. The molecule has 1 aromatic heterocycles. The number of nitrogens with one attached hydrogen (secondary N) is 1. The number of carbonyl (C=O) groups excluding carboxylic acids is 1. The minimum atomic E-state index is -3.75. The number of hydrogen-bond donors (Lipinski definition) is 1. The van der Waals surface area contributed by atoms with Crippen LogP contribution in [-0.2, 0) is 14.8 Å². The molecule has 0 radical (unpaired) electrons. The zero-order chi connectivity index (χ0) is 16.2. The van der Waals surface area contributed by atoms with Crippen molar-refractivity contribution in [3.63, 3.8) is 0 Å². The van der Waals surface area contributed by atoms with E-state index in [9.17, 15) is 13.2 Å². The highest BCUT2D eigenvalue weighted by Crippen LogP contribution is 2.17. The van der Waals surface area contributed by atoms with Crippen LogP contribution in [0, 0.1) is 0 Å². The molecule has 0 saturated heterocycles. The number of ether oxygens (including phenoxy) is 1. The highest BCUT2D eigenvalue weighted by atomic mass is 32.2. The van der Waals surface area contributed by atoms with Crippen molar-refractivity contribution >= 4 is 16.0 Å². The Labute approximate surface area is 129 Å². The first-order valence-electron chi connectivity index (χ1n) is 6.54. The lowest BCUT2D eigenvalue weighted by Crippen LogP contribution is -2.27. The molecule has 1 aromatic carbocycles. The van der Waals surface area contributed by atoms with Gasteiger partial charge in [0.2, 0.25) is 10.0 Å². The monoisotopic (exact) mass is 320 g/mol. The minimum Gasteiger partial charge on any atom is -0.465 e. The molecular formula is C15H16N2O4S. The summed E-state index contributed by atoms with van der Waals surface area (Å²) >= 11 is 0. The lowest BCUT2D eigenvalue weighted by molar-refractivity contribution is 0.0600. The summed E-state index contributed by atoms with van der Waals surface area (Å²) in [6, 6.07) is 8.75. The number of aromatic nitrogens is 1. The van der Waals surface area contributed by atoms with Gasteiger partial charge in [-0.1, -0.05) is 6.07 Å². The van der Waals surface area contributed by atoms with Crippen LogP contribution in [0.15, 0.2) is 53.7 Å².